The van der Waals surface area contributed by atoms with Crippen molar-refractivity contribution in [3.63, 3.8) is 0 Å². The lowest BCUT2D eigenvalue weighted by atomic mass is 10.3. The molecule has 1 aromatic carbocycles. The van der Waals surface area contributed by atoms with E-state index >= 15 is 0 Å². The molecule has 0 aliphatic rings. The summed E-state index contributed by atoms with van der Waals surface area (Å²) in [4.78, 5) is 4.26. The van der Waals surface area contributed by atoms with Crippen LogP contribution in [-0.4, -0.2) is 4.98 Å². The number of nitrogens with one attached hydrogen (secondary N) is 1. The molecular formula is C13H9FN2S. The highest BCUT2D eigenvalue weighted by Gasteiger charge is 2.03. The van der Waals surface area contributed by atoms with E-state index in [2.05, 4.69) is 10.3 Å². The van der Waals surface area contributed by atoms with E-state index < -0.39 is 0 Å². The van der Waals surface area contributed by atoms with Gasteiger partial charge in [-0.3, -0.25) is 4.98 Å². The van der Waals surface area contributed by atoms with Crippen LogP contribution in [0, 0.1) is 5.82 Å². The molecule has 0 atom stereocenters. The maximum absolute atomic E-state index is 13.1. The molecule has 1 N–H and O–H groups in total. The number of thiophene rings is 1. The Balaban J connectivity index is 2.02. The fourth-order valence-corrected chi connectivity index (χ4v) is 2.51. The number of nitrogens with zero attached hydrogens (tertiary/aromatic N) is 1. The zero-order valence-corrected chi connectivity index (χ0v) is 9.67. The number of pyridine rings is 1. The van der Waals surface area contributed by atoms with Crippen molar-refractivity contribution < 1.29 is 4.39 Å². The molecule has 2 heterocycles. The smallest absolute Gasteiger partial charge is 0.125 e. The molecular weight excluding hydrogens is 235 g/mol. The third kappa shape index (κ3) is 1.99. The maximum atomic E-state index is 13.1. The second kappa shape index (κ2) is 4.14. The quantitative estimate of drug-likeness (QED) is 0.731. The third-order valence-corrected chi connectivity index (χ3v) is 3.38. The molecule has 2 aromatic heterocycles. The van der Waals surface area contributed by atoms with Crippen LogP contribution in [-0.2, 0) is 0 Å². The first-order chi connectivity index (χ1) is 8.33. The van der Waals surface area contributed by atoms with Crippen LogP contribution in [0.4, 0.5) is 15.8 Å². The Morgan fingerprint density at radius 1 is 1.18 bits per heavy atom. The molecule has 3 rings (SSSR count). The van der Waals surface area contributed by atoms with Crippen molar-refractivity contribution in [2.75, 3.05) is 5.32 Å². The number of benzene rings is 1. The van der Waals surface area contributed by atoms with Gasteiger partial charge < -0.3 is 5.32 Å². The Bertz CT molecular complexity index is 663. The van der Waals surface area contributed by atoms with Gasteiger partial charge in [0.1, 0.15) is 5.82 Å². The third-order valence-electron chi connectivity index (χ3n) is 2.45. The first kappa shape index (κ1) is 10.2. The lowest BCUT2D eigenvalue weighted by Crippen LogP contribution is -1.91. The number of aromatic nitrogens is 1. The molecule has 0 saturated heterocycles. The van der Waals surface area contributed by atoms with Gasteiger partial charge in [0.15, 0.2) is 0 Å². The van der Waals surface area contributed by atoms with Crippen molar-refractivity contribution in [1.82, 2.24) is 4.98 Å². The highest BCUT2D eigenvalue weighted by Crippen LogP contribution is 2.29. The van der Waals surface area contributed by atoms with Gasteiger partial charge in [0.25, 0.3) is 0 Å². The van der Waals surface area contributed by atoms with Crippen molar-refractivity contribution in [2.45, 2.75) is 0 Å². The predicted molar refractivity (Wildman–Crippen MR) is 69.3 cm³/mol. The van der Waals surface area contributed by atoms with Crippen molar-refractivity contribution in [3.05, 3.63) is 53.8 Å². The normalized spacial score (nSPS) is 10.6. The van der Waals surface area contributed by atoms with Crippen molar-refractivity contribution in [2.24, 2.45) is 0 Å². The lowest BCUT2D eigenvalue weighted by Gasteiger charge is -2.06. The first-order valence-electron chi connectivity index (χ1n) is 5.18. The standard InChI is InChI=1S/C13H9FN2S/c14-9-2-1-3-10(8-9)16-12-4-6-15-11-5-7-17-13(11)12/h1-8H,(H,15,16). The predicted octanol–water partition coefficient (Wildman–Crippen LogP) is 4.18. The van der Waals surface area contributed by atoms with Crippen molar-refractivity contribution in [1.29, 1.82) is 0 Å². The number of anilines is 2. The fourth-order valence-electron chi connectivity index (χ4n) is 1.69. The highest BCUT2D eigenvalue weighted by atomic mass is 32.1. The van der Waals surface area contributed by atoms with Crippen LogP contribution in [0.25, 0.3) is 10.2 Å². The molecule has 3 aromatic rings. The summed E-state index contributed by atoms with van der Waals surface area (Å²) in [5.74, 6) is -0.244. The summed E-state index contributed by atoms with van der Waals surface area (Å²) in [5.41, 5.74) is 2.65. The fraction of sp³-hybridized carbons (Fsp3) is 0. The van der Waals surface area contributed by atoms with Gasteiger partial charge in [-0.25, -0.2) is 4.39 Å². The zero-order valence-electron chi connectivity index (χ0n) is 8.85. The maximum Gasteiger partial charge on any atom is 0.125 e. The SMILES string of the molecule is Fc1cccc(Nc2ccnc3ccsc23)c1. The van der Waals surface area contributed by atoms with Crippen LogP contribution >= 0.6 is 11.3 Å². The summed E-state index contributed by atoms with van der Waals surface area (Å²) in [6.07, 6.45) is 1.75. The number of hydrogen-bond acceptors (Lipinski definition) is 3. The van der Waals surface area contributed by atoms with Gasteiger partial charge in [-0.2, -0.15) is 0 Å². The minimum absolute atomic E-state index is 0.244. The molecule has 0 aliphatic heterocycles. The number of halogens is 1. The van der Waals surface area contributed by atoms with Crippen LogP contribution in [0.3, 0.4) is 0 Å². The van der Waals surface area contributed by atoms with Gasteiger partial charge in [0.2, 0.25) is 0 Å². The molecule has 0 spiro atoms. The van der Waals surface area contributed by atoms with Gasteiger partial charge in [-0.15, -0.1) is 11.3 Å². The Labute approximate surface area is 102 Å². The first-order valence-corrected chi connectivity index (χ1v) is 6.06. The van der Waals surface area contributed by atoms with Crippen LogP contribution < -0.4 is 5.32 Å². The minimum atomic E-state index is -0.244. The number of fused-ring (bicyclic) bond motifs is 1. The summed E-state index contributed by atoms with van der Waals surface area (Å²) in [7, 11) is 0. The second-order valence-corrected chi connectivity index (χ2v) is 4.54. The summed E-state index contributed by atoms with van der Waals surface area (Å²) < 4.78 is 14.2. The summed E-state index contributed by atoms with van der Waals surface area (Å²) in [5, 5.41) is 5.20. The monoisotopic (exact) mass is 244 g/mol. The Morgan fingerprint density at radius 3 is 3.00 bits per heavy atom. The summed E-state index contributed by atoms with van der Waals surface area (Å²) in [6, 6.07) is 10.3. The summed E-state index contributed by atoms with van der Waals surface area (Å²) >= 11 is 1.62. The number of hydrogen-bond donors (Lipinski definition) is 1. The van der Waals surface area contributed by atoms with Gasteiger partial charge >= 0.3 is 0 Å². The van der Waals surface area contributed by atoms with Crippen LogP contribution in [0.1, 0.15) is 0 Å². The Morgan fingerprint density at radius 2 is 2.12 bits per heavy atom. The van der Waals surface area contributed by atoms with Crippen LogP contribution in [0.2, 0.25) is 0 Å². The molecule has 0 fully saturated rings. The number of rotatable bonds is 2. The second-order valence-electron chi connectivity index (χ2n) is 3.63. The molecule has 0 radical (unpaired) electrons. The molecule has 2 nitrogen and oxygen atoms in total. The molecule has 0 unspecified atom stereocenters. The largest absolute Gasteiger partial charge is 0.354 e. The van der Waals surface area contributed by atoms with Crippen molar-refractivity contribution >= 4 is 32.9 Å². The Kier molecular flexibility index (Phi) is 2.49. The van der Waals surface area contributed by atoms with Crippen LogP contribution in [0.15, 0.2) is 48.0 Å². The van der Waals surface area contributed by atoms with Crippen LogP contribution in [0.5, 0.6) is 0 Å². The molecule has 84 valence electrons. The molecule has 0 aliphatic carbocycles. The van der Waals surface area contributed by atoms with E-state index in [1.165, 1.54) is 12.1 Å². The highest BCUT2D eigenvalue weighted by molar-refractivity contribution is 7.17. The van der Waals surface area contributed by atoms with E-state index in [0.29, 0.717) is 0 Å². The minimum Gasteiger partial charge on any atom is -0.354 e. The molecule has 17 heavy (non-hydrogen) atoms. The molecule has 0 bridgehead atoms. The molecule has 0 saturated carbocycles. The van der Waals surface area contributed by atoms with Gasteiger partial charge in [-0.05, 0) is 35.7 Å². The van der Waals surface area contributed by atoms with E-state index in [0.717, 1.165) is 21.6 Å². The average Bonchev–Trinajstić information content (AvgIpc) is 2.78. The Hall–Kier alpha value is -1.94. The molecule has 0 amide bonds. The van der Waals surface area contributed by atoms with Gasteiger partial charge in [-0.1, -0.05) is 6.07 Å². The van der Waals surface area contributed by atoms with E-state index in [9.17, 15) is 4.39 Å². The van der Waals surface area contributed by atoms with E-state index in [1.54, 1.807) is 23.6 Å². The van der Waals surface area contributed by atoms with Gasteiger partial charge in [0, 0.05) is 11.9 Å². The summed E-state index contributed by atoms with van der Waals surface area (Å²) in [6.45, 7) is 0. The van der Waals surface area contributed by atoms with Gasteiger partial charge in [0.05, 0.1) is 15.9 Å². The average molecular weight is 244 g/mol. The lowest BCUT2D eigenvalue weighted by molar-refractivity contribution is 0.628. The zero-order chi connectivity index (χ0) is 11.7. The van der Waals surface area contributed by atoms with E-state index in [4.69, 9.17) is 0 Å². The molecule has 4 heteroatoms. The van der Waals surface area contributed by atoms with Crippen molar-refractivity contribution in [3.8, 4) is 0 Å². The van der Waals surface area contributed by atoms with E-state index in [-0.39, 0.29) is 5.82 Å². The van der Waals surface area contributed by atoms with E-state index in [1.807, 2.05) is 23.6 Å². The topological polar surface area (TPSA) is 24.9 Å².